The summed E-state index contributed by atoms with van der Waals surface area (Å²) in [5.74, 6) is -1.50. The number of aldehydes is 2. The molecule has 1 aliphatic carbocycles. The summed E-state index contributed by atoms with van der Waals surface area (Å²) in [6.07, 6.45) is 4.50. The van der Waals surface area contributed by atoms with Crippen molar-refractivity contribution in [2.45, 2.75) is 5.60 Å². The van der Waals surface area contributed by atoms with Crippen LogP contribution in [-0.4, -0.2) is 28.4 Å². The van der Waals surface area contributed by atoms with E-state index in [-0.39, 0.29) is 6.29 Å². The molecule has 0 heterocycles. The fraction of sp³-hybridized carbons (Fsp3) is 0.250. The van der Waals surface area contributed by atoms with Gasteiger partial charge in [-0.05, 0) is 6.08 Å². The lowest BCUT2D eigenvalue weighted by Crippen LogP contribution is -2.42. The molecule has 0 aliphatic heterocycles. The number of carbonyl (C=O) groups is 2. The van der Waals surface area contributed by atoms with Crippen molar-refractivity contribution >= 4 is 12.6 Å². The monoisotopic (exact) mass is 168 g/mol. The van der Waals surface area contributed by atoms with Crippen LogP contribution in [-0.2, 0) is 9.59 Å². The van der Waals surface area contributed by atoms with Gasteiger partial charge in [0.05, 0.1) is 5.92 Å². The SMILES string of the molecule is O=CC1C=CC=C(O)C1(O)C=O. The van der Waals surface area contributed by atoms with Crippen LogP contribution in [0.2, 0.25) is 0 Å². The standard InChI is InChI=1S/C8H8O4/c9-4-6-2-1-3-7(11)8(6,12)5-10/h1-6,11-12H. The van der Waals surface area contributed by atoms with Crippen molar-refractivity contribution in [1.29, 1.82) is 0 Å². The number of allylic oxidation sites excluding steroid dienone is 2. The Balaban J connectivity index is 3.09. The summed E-state index contributed by atoms with van der Waals surface area (Å²) in [4.78, 5) is 20.8. The molecule has 0 aromatic rings. The average Bonchev–Trinajstić information content (AvgIpc) is 2.10. The van der Waals surface area contributed by atoms with Gasteiger partial charge in [-0.15, -0.1) is 0 Å². The molecule has 2 unspecified atom stereocenters. The number of aliphatic hydroxyl groups excluding tert-OH is 1. The van der Waals surface area contributed by atoms with Gasteiger partial charge in [-0.3, -0.25) is 4.79 Å². The third kappa shape index (κ3) is 1.06. The van der Waals surface area contributed by atoms with Gasteiger partial charge in [0.1, 0.15) is 12.0 Å². The van der Waals surface area contributed by atoms with Crippen LogP contribution in [0.4, 0.5) is 0 Å². The highest BCUT2D eigenvalue weighted by molar-refractivity contribution is 5.77. The molecule has 0 fully saturated rings. The van der Waals surface area contributed by atoms with Crippen molar-refractivity contribution in [3.63, 3.8) is 0 Å². The Morgan fingerprint density at radius 1 is 1.50 bits per heavy atom. The molecule has 0 saturated heterocycles. The zero-order valence-corrected chi connectivity index (χ0v) is 6.18. The maximum absolute atomic E-state index is 10.4. The molecule has 0 saturated carbocycles. The molecule has 0 radical (unpaired) electrons. The fourth-order valence-electron chi connectivity index (χ4n) is 1.01. The highest BCUT2D eigenvalue weighted by atomic mass is 16.3. The molecule has 2 atom stereocenters. The van der Waals surface area contributed by atoms with Crippen molar-refractivity contribution in [2.75, 3.05) is 0 Å². The van der Waals surface area contributed by atoms with Gasteiger partial charge in [-0.25, -0.2) is 0 Å². The van der Waals surface area contributed by atoms with Crippen LogP contribution in [0.1, 0.15) is 0 Å². The number of carbonyl (C=O) groups excluding carboxylic acids is 2. The van der Waals surface area contributed by atoms with E-state index in [4.69, 9.17) is 5.11 Å². The molecule has 0 spiro atoms. The quantitative estimate of drug-likeness (QED) is 0.557. The molecular weight excluding hydrogens is 160 g/mol. The summed E-state index contributed by atoms with van der Waals surface area (Å²) in [7, 11) is 0. The molecule has 4 heteroatoms. The second kappa shape index (κ2) is 2.91. The lowest BCUT2D eigenvalue weighted by atomic mass is 9.84. The Hall–Kier alpha value is -1.42. The number of hydrogen-bond acceptors (Lipinski definition) is 4. The van der Waals surface area contributed by atoms with Gasteiger partial charge < -0.3 is 15.0 Å². The molecule has 2 N–H and O–H groups in total. The van der Waals surface area contributed by atoms with E-state index < -0.39 is 17.3 Å². The van der Waals surface area contributed by atoms with Gasteiger partial charge in [0, 0.05) is 0 Å². The molecule has 64 valence electrons. The first-order valence-corrected chi connectivity index (χ1v) is 3.37. The minimum atomic E-state index is -2.07. The van der Waals surface area contributed by atoms with Crippen LogP contribution >= 0.6 is 0 Å². The summed E-state index contributed by atoms with van der Waals surface area (Å²) in [6.45, 7) is 0. The maximum Gasteiger partial charge on any atom is 0.189 e. The zero-order valence-electron chi connectivity index (χ0n) is 6.18. The summed E-state index contributed by atoms with van der Waals surface area (Å²) in [5.41, 5.74) is -2.07. The summed E-state index contributed by atoms with van der Waals surface area (Å²) >= 11 is 0. The molecule has 1 rings (SSSR count). The Labute approximate surface area is 68.8 Å². The zero-order chi connectivity index (χ0) is 9.19. The van der Waals surface area contributed by atoms with E-state index >= 15 is 0 Å². The predicted molar refractivity (Wildman–Crippen MR) is 40.4 cm³/mol. The predicted octanol–water partition coefficient (Wildman–Crippen LogP) is -0.257. The van der Waals surface area contributed by atoms with Crippen molar-refractivity contribution in [2.24, 2.45) is 5.92 Å². The first-order valence-electron chi connectivity index (χ1n) is 3.37. The third-order valence-corrected chi connectivity index (χ3v) is 1.82. The van der Waals surface area contributed by atoms with E-state index in [1.807, 2.05) is 0 Å². The first kappa shape index (κ1) is 8.67. The topological polar surface area (TPSA) is 74.6 Å². The van der Waals surface area contributed by atoms with Crippen molar-refractivity contribution in [1.82, 2.24) is 0 Å². The van der Waals surface area contributed by atoms with Crippen molar-refractivity contribution in [3.8, 4) is 0 Å². The van der Waals surface area contributed by atoms with Crippen LogP contribution in [0.25, 0.3) is 0 Å². The highest BCUT2D eigenvalue weighted by Gasteiger charge is 2.40. The van der Waals surface area contributed by atoms with Gasteiger partial charge in [0.15, 0.2) is 11.9 Å². The van der Waals surface area contributed by atoms with Gasteiger partial charge >= 0.3 is 0 Å². The fourth-order valence-corrected chi connectivity index (χ4v) is 1.01. The van der Waals surface area contributed by atoms with Crippen LogP contribution < -0.4 is 0 Å². The molecule has 1 aliphatic rings. The smallest absolute Gasteiger partial charge is 0.189 e. The van der Waals surface area contributed by atoms with Gasteiger partial charge in [0.2, 0.25) is 0 Å². The molecule has 0 bridgehead atoms. The van der Waals surface area contributed by atoms with E-state index in [2.05, 4.69) is 0 Å². The number of hydrogen-bond donors (Lipinski definition) is 2. The van der Waals surface area contributed by atoms with E-state index in [1.165, 1.54) is 18.2 Å². The average molecular weight is 168 g/mol. The molecule has 0 amide bonds. The molecule has 0 aromatic heterocycles. The van der Waals surface area contributed by atoms with Gasteiger partial charge in [-0.2, -0.15) is 0 Å². The van der Waals surface area contributed by atoms with Crippen LogP contribution in [0, 0.1) is 5.92 Å². The minimum Gasteiger partial charge on any atom is -0.509 e. The van der Waals surface area contributed by atoms with E-state index in [9.17, 15) is 14.7 Å². The Bertz CT molecular complexity index is 266. The largest absolute Gasteiger partial charge is 0.509 e. The van der Waals surface area contributed by atoms with E-state index in [0.29, 0.717) is 6.29 Å². The van der Waals surface area contributed by atoms with Crippen LogP contribution in [0.15, 0.2) is 24.0 Å². The Morgan fingerprint density at radius 2 is 2.17 bits per heavy atom. The summed E-state index contributed by atoms with van der Waals surface area (Å²) in [5, 5.41) is 18.5. The second-order valence-electron chi connectivity index (χ2n) is 2.54. The van der Waals surface area contributed by atoms with E-state index in [1.54, 1.807) is 0 Å². The molecular formula is C8H8O4. The Morgan fingerprint density at radius 3 is 2.58 bits per heavy atom. The van der Waals surface area contributed by atoms with Gasteiger partial charge in [-0.1, -0.05) is 12.2 Å². The van der Waals surface area contributed by atoms with Crippen molar-refractivity contribution < 1.29 is 19.8 Å². The maximum atomic E-state index is 10.4. The number of aliphatic hydroxyl groups is 2. The molecule has 4 nitrogen and oxygen atoms in total. The normalized spacial score (nSPS) is 34.1. The molecule has 12 heavy (non-hydrogen) atoms. The minimum absolute atomic E-state index is 0.154. The van der Waals surface area contributed by atoms with Crippen LogP contribution in [0.3, 0.4) is 0 Å². The number of rotatable bonds is 2. The lowest BCUT2D eigenvalue weighted by Gasteiger charge is -2.26. The lowest BCUT2D eigenvalue weighted by molar-refractivity contribution is -0.132. The first-order chi connectivity index (χ1) is 5.65. The van der Waals surface area contributed by atoms with Crippen LogP contribution in [0.5, 0.6) is 0 Å². The summed E-state index contributed by atoms with van der Waals surface area (Å²) in [6, 6.07) is 0. The second-order valence-corrected chi connectivity index (χ2v) is 2.54. The summed E-state index contributed by atoms with van der Waals surface area (Å²) < 4.78 is 0. The molecule has 0 aromatic carbocycles. The third-order valence-electron chi connectivity index (χ3n) is 1.82. The Kier molecular flexibility index (Phi) is 2.10. The highest BCUT2D eigenvalue weighted by Crippen LogP contribution is 2.25. The van der Waals surface area contributed by atoms with Crippen molar-refractivity contribution in [3.05, 3.63) is 24.0 Å². The van der Waals surface area contributed by atoms with Gasteiger partial charge in [0.25, 0.3) is 0 Å². The van der Waals surface area contributed by atoms with E-state index in [0.717, 1.165) is 0 Å².